The lowest BCUT2D eigenvalue weighted by Crippen LogP contribution is -2.45. The molecule has 0 radical (unpaired) electrons. The molecule has 0 aromatic heterocycles. The Kier molecular flexibility index (Phi) is 9.99. The standard InChI is InChI=1S/C35H46N4O6/c1-35(2,3)45-34(44)38-19-14-26(15-20-38)25-12-17-37(18-13-25)32(42)27-9-10-29-28(21-27)23-39(16-11-24-7-5-4-6-8-24)33(43)30(36-29)22-31(40)41/h4-10,21,25-26,30,36H,11-20,22-23H2,1-3H3,(H,40,41). The summed E-state index contributed by atoms with van der Waals surface area (Å²) >= 11 is 0. The normalized spacial score (nSPS) is 19.8. The first-order valence-corrected chi connectivity index (χ1v) is 16.2. The third-order valence-corrected chi connectivity index (χ3v) is 9.23. The van der Waals surface area contributed by atoms with E-state index in [0.29, 0.717) is 68.8 Å². The Balaban J connectivity index is 1.20. The summed E-state index contributed by atoms with van der Waals surface area (Å²) in [7, 11) is 0. The molecule has 242 valence electrons. The van der Waals surface area contributed by atoms with Crippen molar-refractivity contribution in [1.82, 2.24) is 14.7 Å². The lowest BCUT2D eigenvalue weighted by Gasteiger charge is -2.40. The second-order valence-electron chi connectivity index (χ2n) is 13.6. The van der Waals surface area contributed by atoms with Gasteiger partial charge in [-0.3, -0.25) is 14.4 Å². The third-order valence-electron chi connectivity index (χ3n) is 9.23. The Morgan fingerprint density at radius 2 is 1.53 bits per heavy atom. The molecule has 5 rings (SSSR count). The zero-order chi connectivity index (χ0) is 32.1. The number of aliphatic carboxylic acids is 1. The molecule has 3 aliphatic heterocycles. The van der Waals surface area contributed by atoms with Crippen molar-refractivity contribution in [3.63, 3.8) is 0 Å². The van der Waals surface area contributed by atoms with Crippen molar-refractivity contribution in [2.24, 2.45) is 11.8 Å². The van der Waals surface area contributed by atoms with Crippen LogP contribution in [0.2, 0.25) is 0 Å². The number of amides is 3. The van der Waals surface area contributed by atoms with E-state index < -0.39 is 17.6 Å². The average Bonchev–Trinajstić information content (AvgIpc) is 3.14. The molecule has 0 spiro atoms. The lowest BCUT2D eigenvalue weighted by atomic mass is 9.79. The molecule has 2 saturated heterocycles. The van der Waals surface area contributed by atoms with Crippen molar-refractivity contribution in [2.75, 3.05) is 38.0 Å². The summed E-state index contributed by atoms with van der Waals surface area (Å²) in [5.41, 5.74) is 2.67. The van der Waals surface area contributed by atoms with Crippen molar-refractivity contribution < 1.29 is 29.0 Å². The van der Waals surface area contributed by atoms with Crippen molar-refractivity contribution in [1.29, 1.82) is 0 Å². The lowest BCUT2D eigenvalue weighted by molar-refractivity contribution is -0.141. The molecule has 3 aliphatic rings. The smallest absolute Gasteiger partial charge is 0.410 e. The number of fused-ring (bicyclic) bond motifs is 1. The topological polar surface area (TPSA) is 119 Å². The Morgan fingerprint density at radius 3 is 2.13 bits per heavy atom. The highest BCUT2D eigenvalue weighted by atomic mass is 16.6. The molecule has 10 nitrogen and oxygen atoms in total. The van der Waals surface area contributed by atoms with E-state index in [-0.39, 0.29) is 24.3 Å². The molecule has 3 amide bonds. The van der Waals surface area contributed by atoms with Crippen LogP contribution in [0.4, 0.5) is 10.5 Å². The van der Waals surface area contributed by atoms with E-state index in [1.54, 1.807) is 17.0 Å². The average molecular weight is 619 g/mol. The van der Waals surface area contributed by atoms with Gasteiger partial charge in [-0.1, -0.05) is 30.3 Å². The number of likely N-dealkylation sites (tertiary alicyclic amines) is 2. The molecular weight excluding hydrogens is 572 g/mol. The van der Waals surface area contributed by atoms with Gasteiger partial charge in [-0.2, -0.15) is 0 Å². The van der Waals surface area contributed by atoms with E-state index in [4.69, 9.17) is 4.74 Å². The maximum atomic E-state index is 13.6. The molecule has 45 heavy (non-hydrogen) atoms. The first kappa shape index (κ1) is 32.3. The number of carbonyl (C=O) groups is 4. The van der Waals surface area contributed by atoms with Gasteiger partial charge in [0.25, 0.3) is 5.91 Å². The van der Waals surface area contributed by atoms with E-state index in [1.807, 2.05) is 67.0 Å². The maximum absolute atomic E-state index is 13.6. The highest BCUT2D eigenvalue weighted by Gasteiger charge is 2.34. The van der Waals surface area contributed by atoms with E-state index in [0.717, 1.165) is 36.8 Å². The largest absolute Gasteiger partial charge is 0.481 e. The fraction of sp³-hybridized carbons (Fsp3) is 0.543. The summed E-state index contributed by atoms with van der Waals surface area (Å²) in [5, 5.41) is 12.6. The molecule has 1 atom stereocenters. The van der Waals surface area contributed by atoms with Crippen LogP contribution in [0.1, 0.15) is 74.4 Å². The summed E-state index contributed by atoms with van der Waals surface area (Å²) in [6, 6.07) is 14.4. The van der Waals surface area contributed by atoms with Crippen LogP contribution in [0.5, 0.6) is 0 Å². The predicted octanol–water partition coefficient (Wildman–Crippen LogP) is 5.03. The molecule has 0 bridgehead atoms. The highest BCUT2D eigenvalue weighted by Crippen LogP contribution is 2.34. The van der Waals surface area contributed by atoms with Gasteiger partial charge in [-0.15, -0.1) is 0 Å². The quantitative estimate of drug-likeness (QED) is 0.447. The number of hydrogen-bond donors (Lipinski definition) is 2. The molecular formula is C35H46N4O6. The molecule has 1 unspecified atom stereocenters. The van der Waals surface area contributed by atoms with Crippen molar-refractivity contribution in [3.05, 3.63) is 65.2 Å². The van der Waals surface area contributed by atoms with Crippen molar-refractivity contribution in [2.45, 2.75) is 77.5 Å². The van der Waals surface area contributed by atoms with Crippen molar-refractivity contribution in [3.8, 4) is 0 Å². The molecule has 10 heteroatoms. The van der Waals surface area contributed by atoms with Gasteiger partial charge in [0.1, 0.15) is 11.6 Å². The number of rotatable bonds is 7. The minimum absolute atomic E-state index is 0.0236. The van der Waals surface area contributed by atoms with Crippen LogP contribution in [0, 0.1) is 11.8 Å². The van der Waals surface area contributed by atoms with Gasteiger partial charge in [0.2, 0.25) is 5.91 Å². The van der Waals surface area contributed by atoms with Gasteiger partial charge in [0.05, 0.1) is 6.42 Å². The van der Waals surface area contributed by atoms with Gasteiger partial charge in [0.15, 0.2) is 0 Å². The maximum Gasteiger partial charge on any atom is 0.410 e. The first-order valence-electron chi connectivity index (χ1n) is 16.2. The third kappa shape index (κ3) is 8.35. The molecule has 0 saturated carbocycles. The SMILES string of the molecule is CC(C)(C)OC(=O)N1CCC(C2CCN(C(=O)c3ccc4c(c3)CN(CCc3ccccc3)C(=O)C(CC(=O)O)N4)CC2)CC1. The monoisotopic (exact) mass is 618 g/mol. The Morgan fingerprint density at radius 1 is 0.911 bits per heavy atom. The van der Waals surface area contributed by atoms with Crippen LogP contribution in [-0.2, 0) is 27.3 Å². The molecule has 2 aromatic rings. The number of piperidine rings is 2. The van der Waals surface area contributed by atoms with Crippen LogP contribution in [0.25, 0.3) is 0 Å². The van der Waals surface area contributed by atoms with E-state index in [1.165, 1.54) is 0 Å². The number of ether oxygens (including phenoxy) is 1. The summed E-state index contributed by atoms with van der Waals surface area (Å²) < 4.78 is 5.54. The van der Waals surface area contributed by atoms with Crippen LogP contribution >= 0.6 is 0 Å². The number of carbonyl (C=O) groups excluding carboxylic acids is 3. The molecule has 2 N–H and O–H groups in total. The summed E-state index contributed by atoms with van der Waals surface area (Å²) in [5.74, 6) is -0.254. The predicted molar refractivity (Wildman–Crippen MR) is 171 cm³/mol. The second kappa shape index (κ2) is 13.9. The molecule has 0 aliphatic carbocycles. The second-order valence-corrected chi connectivity index (χ2v) is 13.6. The van der Waals surface area contributed by atoms with Crippen LogP contribution in [-0.4, -0.2) is 88.0 Å². The number of carboxylic acids is 1. The highest BCUT2D eigenvalue weighted by molar-refractivity contribution is 5.96. The number of nitrogens with zero attached hydrogens (tertiary/aromatic N) is 3. The summed E-state index contributed by atoms with van der Waals surface area (Å²) in [4.78, 5) is 56.5. The van der Waals surface area contributed by atoms with E-state index >= 15 is 0 Å². The van der Waals surface area contributed by atoms with Crippen molar-refractivity contribution >= 4 is 29.6 Å². The Bertz CT molecular complexity index is 1370. The van der Waals surface area contributed by atoms with Crippen LogP contribution in [0.3, 0.4) is 0 Å². The van der Waals surface area contributed by atoms with Gasteiger partial charge < -0.3 is 29.9 Å². The zero-order valence-electron chi connectivity index (χ0n) is 26.7. The number of carboxylic acid groups (broad SMARTS) is 1. The van der Waals surface area contributed by atoms with Gasteiger partial charge in [-0.05, 0) is 94.0 Å². The summed E-state index contributed by atoms with van der Waals surface area (Å²) in [6.45, 7) is 9.19. The fourth-order valence-electron chi connectivity index (χ4n) is 6.80. The number of hydrogen-bond acceptors (Lipinski definition) is 6. The van der Waals surface area contributed by atoms with Gasteiger partial charge in [-0.25, -0.2) is 4.79 Å². The molecule has 2 fully saturated rings. The minimum atomic E-state index is -1.05. The molecule has 3 heterocycles. The number of anilines is 1. The first-order chi connectivity index (χ1) is 21.5. The fourth-order valence-corrected chi connectivity index (χ4v) is 6.80. The Labute approximate surface area is 265 Å². The van der Waals surface area contributed by atoms with E-state index in [2.05, 4.69) is 5.32 Å². The van der Waals surface area contributed by atoms with Crippen LogP contribution < -0.4 is 5.32 Å². The minimum Gasteiger partial charge on any atom is -0.481 e. The van der Waals surface area contributed by atoms with Gasteiger partial charge >= 0.3 is 12.1 Å². The molecule has 2 aromatic carbocycles. The van der Waals surface area contributed by atoms with E-state index in [9.17, 15) is 24.3 Å². The van der Waals surface area contributed by atoms with Gasteiger partial charge in [0, 0.05) is 50.5 Å². The number of benzene rings is 2. The zero-order valence-corrected chi connectivity index (χ0v) is 26.7. The number of nitrogens with one attached hydrogen (secondary N) is 1. The Hall–Kier alpha value is -4.08. The summed E-state index contributed by atoms with van der Waals surface area (Å²) in [6.07, 6.45) is 3.88. The van der Waals surface area contributed by atoms with Crippen LogP contribution in [0.15, 0.2) is 48.5 Å².